The van der Waals surface area contributed by atoms with Crippen LogP contribution in [0, 0.1) is 5.41 Å². The highest BCUT2D eigenvalue weighted by molar-refractivity contribution is 5.99. The number of guanidine groups is 1. The number of aliphatic hydroxyl groups is 1. The number of nitrogens with two attached hydrogens (primary N) is 6. The van der Waals surface area contributed by atoms with Crippen molar-refractivity contribution in [3.63, 3.8) is 0 Å². The Balaban J connectivity index is 3.07. The van der Waals surface area contributed by atoms with Crippen LogP contribution in [0.3, 0.4) is 0 Å². The molecule has 390 valence electrons. The van der Waals surface area contributed by atoms with E-state index in [9.17, 15) is 53.4 Å². The molecule has 0 aromatic rings. The summed E-state index contributed by atoms with van der Waals surface area (Å²) in [6, 6.07) is -8.64. The van der Waals surface area contributed by atoms with Gasteiger partial charge in [-0.25, -0.2) is 4.79 Å². The van der Waals surface area contributed by atoms with Crippen molar-refractivity contribution in [1.82, 2.24) is 47.4 Å². The first kappa shape index (κ1) is 60.8. The lowest BCUT2D eigenvalue weighted by atomic mass is 10.1. The van der Waals surface area contributed by atoms with Crippen LogP contribution in [0.15, 0.2) is 24.4 Å². The number of rotatable bonds is 34. The molecule has 69 heavy (non-hydrogen) atoms. The van der Waals surface area contributed by atoms with Crippen LogP contribution < -0.4 is 76.9 Å². The van der Waals surface area contributed by atoms with Gasteiger partial charge in [0.15, 0.2) is 5.96 Å². The number of likely N-dealkylation sites (tertiary alicyclic amines) is 1. The second-order valence-electron chi connectivity index (χ2n) is 16.3. The summed E-state index contributed by atoms with van der Waals surface area (Å²) in [6.07, 6.45) is 4.34. The van der Waals surface area contributed by atoms with Crippen LogP contribution in [0.2, 0.25) is 0 Å². The number of carboxylic acids is 1. The zero-order valence-corrected chi connectivity index (χ0v) is 39.4. The number of nitrogens with zero attached hydrogens (tertiary/aromatic N) is 1. The third kappa shape index (κ3) is 22.6. The average molecular weight is 981 g/mol. The predicted molar refractivity (Wildman–Crippen MR) is 253 cm³/mol. The summed E-state index contributed by atoms with van der Waals surface area (Å²) in [4.78, 5) is 120. The van der Waals surface area contributed by atoms with Crippen LogP contribution in [0.5, 0.6) is 0 Å². The second-order valence-corrected chi connectivity index (χ2v) is 16.3. The minimum Gasteiger partial charge on any atom is -0.477 e. The van der Waals surface area contributed by atoms with Crippen molar-refractivity contribution < 1.29 is 53.4 Å². The van der Waals surface area contributed by atoms with Gasteiger partial charge in [0.25, 0.3) is 0 Å². The Morgan fingerprint density at radius 3 is 2.00 bits per heavy atom. The van der Waals surface area contributed by atoms with Crippen LogP contribution in [0.4, 0.5) is 0 Å². The molecular weight excluding hydrogens is 905 g/mol. The molecule has 0 radical (unpaired) electrons. The fourth-order valence-electron chi connectivity index (χ4n) is 6.92. The topological polar surface area (TPSA) is 474 Å². The predicted octanol–water partition coefficient (Wildman–Crippen LogP) is -6.28. The van der Waals surface area contributed by atoms with Gasteiger partial charge < -0.3 is 92.0 Å². The van der Waals surface area contributed by atoms with Crippen molar-refractivity contribution in [3.8, 4) is 0 Å². The molecule has 1 aliphatic heterocycles. The number of carboxylic acid groups (broad SMARTS) is 1. The molecule has 1 heterocycles. The lowest BCUT2D eigenvalue weighted by Crippen LogP contribution is -2.60. The molecule has 23 N–H and O–H groups in total. The van der Waals surface area contributed by atoms with Gasteiger partial charge in [0.1, 0.15) is 41.9 Å². The summed E-state index contributed by atoms with van der Waals surface area (Å²) in [5.74, 6) is -8.06. The van der Waals surface area contributed by atoms with E-state index in [2.05, 4.69) is 49.1 Å². The van der Waals surface area contributed by atoms with Crippen LogP contribution in [0.1, 0.15) is 84.0 Å². The van der Waals surface area contributed by atoms with E-state index in [4.69, 9.17) is 39.8 Å². The van der Waals surface area contributed by atoms with Crippen molar-refractivity contribution >= 4 is 59.2 Å². The van der Waals surface area contributed by atoms with E-state index in [0.717, 1.165) is 0 Å². The van der Waals surface area contributed by atoms with Crippen molar-refractivity contribution in [1.29, 1.82) is 5.41 Å². The molecule has 0 spiro atoms. The monoisotopic (exact) mass is 981 g/mol. The number of aliphatic carboxylic acids is 1. The van der Waals surface area contributed by atoms with Crippen molar-refractivity contribution in [2.45, 2.75) is 132 Å². The minimum absolute atomic E-state index is 0.0583. The quantitative estimate of drug-likeness (QED) is 0.00937. The van der Waals surface area contributed by atoms with Crippen LogP contribution in [-0.4, -0.2) is 169 Å². The SMILES string of the molecule is C=CC[C@H](NC(=O)[C@@H]1CCCN1C(=O)[C@@H](CCCN)NC(=O)CNC(=O)C(C)NC(=O)[C@@H](NC(=O)C(N)CCCCN)[C@@H](O)CN)C(=O)N[C@@H](CCCCN)C(=O)N/C(=C\CCNC(=N)N)C(=O)O. The van der Waals surface area contributed by atoms with E-state index in [1.807, 2.05) is 0 Å². The van der Waals surface area contributed by atoms with Gasteiger partial charge >= 0.3 is 5.97 Å². The molecule has 1 rings (SSSR count). The number of aliphatic hydroxyl groups excluding tert-OH is 1. The lowest BCUT2D eigenvalue weighted by Gasteiger charge is -2.30. The highest BCUT2D eigenvalue weighted by atomic mass is 16.4. The molecule has 8 amide bonds. The van der Waals surface area contributed by atoms with Crippen molar-refractivity contribution in [3.05, 3.63) is 24.4 Å². The Bertz CT molecular complexity index is 1790. The third-order valence-corrected chi connectivity index (χ3v) is 10.8. The highest BCUT2D eigenvalue weighted by Crippen LogP contribution is 2.20. The molecule has 1 saturated heterocycles. The summed E-state index contributed by atoms with van der Waals surface area (Å²) in [5.41, 5.74) is 33.1. The van der Waals surface area contributed by atoms with E-state index < -0.39 is 120 Å². The molecule has 1 aliphatic rings. The van der Waals surface area contributed by atoms with Gasteiger partial charge in [-0.1, -0.05) is 18.6 Å². The van der Waals surface area contributed by atoms with Gasteiger partial charge in [0, 0.05) is 19.6 Å². The fraction of sp³-hybridized carbons (Fsp3) is 0.667. The Morgan fingerprint density at radius 2 is 1.41 bits per heavy atom. The number of nitrogens with one attached hydrogen (secondary N) is 9. The lowest BCUT2D eigenvalue weighted by molar-refractivity contribution is -0.142. The summed E-state index contributed by atoms with van der Waals surface area (Å²) in [6.45, 7) is 4.96. The minimum atomic E-state index is -1.56. The molecule has 0 bridgehead atoms. The van der Waals surface area contributed by atoms with E-state index >= 15 is 0 Å². The molecule has 0 aromatic heterocycles. The summed E-state index contributed by atoms with van der Waals surface area (Å²) >= 11 is 0. The maximum absolute atomic E-state index is 14.0. The molecule has 27 nitrogen and oxygen atoms in total. The number of amides is 8. The zero-order chi connectivity index (χ0) is 52.1. The zero-order valence-electron chi connectivity index (χ0n) is 39.4. The number of unbranched alkanes of at least 4 members (excludes halogenated alkanes) is 2. The Morgan fingerprint density at radius 1 is 0.768 bits per heavy atom. The maximum Gasteiger partial charge on any atom is 0.352 e. The smallest absolute Gasteiger partial charge is 0.352 e. The first-order valence-electron chi connectivity index (χ1n) is 23.0. The van der Waals surface area contributed by atoms with Gasteiger partial charge in [-0.05, 0) is 97.2 Å². The number of carbonyl (C=O) groups is 9. The van der Waals surface area contributed by atoms with Crippen molar-refractivity contribution in [2.24, 2.45) is 34.4 Å². The van der Waals surface area contributed by atoms with E-state index in [0.29, 0.717) is 38.6 Å². The average Bonchev–Trinajstić information content (AvgIpc) is 3.81. The van der Waals surface area contributed by atoms with Crippen LogP contribution in [0.25, 0.3) is 0 Å². The van der Waals surface area contributed by atoms with E-state index in [1.165, 1.54) is 24.0 Å². The van der Waals surface area contributed by atoms with Crippen molar-refractivity contribution in [2.75, 3.05) is 45.8 Å². The van der Waals surface area contributed by atoms with Crippen LogP contribution >= 0.6 is 0 Å². The number of carbonyl (C=O) groups excluding carboxylic acids is 8. The summed E-state index contributed by atoms with van der Waals surface area (Å²) < 4.78 is 0. The highest BCUT2D eigenvalue weighted by Gasteiger charge is 2.39. The number of hydrogen-bond donors (Lipinski definition) is 17. The largest absolute Gasteiger partial charge is 0.477 e. The Kier molecular flexibility index (Phi) is 29.3. The summed E-state index contributed by atoms with van der Waals surface area (Å²) in [5, 5.41) is 47.0. The van der Waals surface area contributed by atoms with E-state index in [-0.39, 0.29) is 77.1 Å². The molecule has 2 unspecified atom stereocenters. The normalized spacial score (nSPS) is 16.5. The third-order valence-electron chi connectivity index (χ3n) is 10.8. The molecule has 0 aromatic carbocycles. The molecule has 27 heteroatoms. The van der Waals surface area contributed by atoms with Gasteiger partial charge in [-0.15, -0.1) is 6.58 Å². The maximum atomic E-state index is 14.0. The summed E-state index contributed by atoms with van der Waals surface area (Å²) in [7, 11) is 0. The molecule has 8 atom stereocenters. The van der Waals surface area contributed by atoms with Gasteiger partial charge in [-0.3, -0.25) is 43.8 Å². The van der Waals surface area contributed by atoms with Crippen LogP contribution in [-0.2, 0) is 43.2 Å². The number of hydrogen-bond acceptors (Lipinski definition) is 16. The first-order valence-corrected chi connectivity index (χ1v) is 23.0. The van der Waals surface area contributed by atoms with Gasteiger partial charge in [0.05, 0.1) is 18.7 Å². The molecule has 1 fully saturated rings. The van der Waals surface area contributed by atoms with Gasteiger partial charge in [0.2, 0.25) is 47.3 Å². The molecular formula is C42H76N16O11. The van der Waals surface area contributed by atoms with Gasteiger partial charge in [-0.2, -0.15) is 0 Å². The molecule has 0 saturated carbocycles. The molecule has 0 aliphatic carbocycles. The van der Waals surface area contributed by atoms with E-state index in [1.54, 1.807) is 0 Å². The standard InChI is InChI=1S/C42H76N16O11/c1-3-11-26(36(63)54-27(13-5-7-18-44)37(64)56-29(41(68)69)15-9-20-50-42(48)49)55-38(65)30-16-10-21-58(30)40(67)28(14-8-19-45)53-32(60)23-51-34(61)24(2)52-39(66)33(31(59)22-46)57-35(62)25(47)12-4-6-17-43/h3,15,24-28,30-31,33,59H,1,4-14,16-23,43-47H2,2H3,(H,51,61)(H,52,66)(H,53,60)(H,54,63)(H,55,65)(H,56,64)(H,57,62)(H,68,69)(H4,48,49,50)/b29-15-/t24?,25?,26-,27-,28+,30-,31-,33-/m0/s1. The fourth-order valence-corrected chi connectivity index (χ4v) is 6.92. The second kappa shape index (κ2) is 33.3. The first-order chi connectivity index (χ1) is 32.8. The Hall–Kier alpha value is -6.26. The Labute approximate surface area is 401 Å².